The van der Waals surface area contributed by atoms with Gasteiger partial charge in [-0.1, -0.05) is 23.7 Å². The second-order valence-electron chi connectivity index (χ2n) is 6.05. The highest BCUT2D eigenvalue weighted by atomic mass is 35.5. The number of para-hydroxylation sites is 2. The van der Waals surface area contributed by atoms with Crippen LogP contribution in [0.15, 0.2) is 42.5 Å². The average Bonchev–Trinajstić information content (AvgIpc) is 2.61. The van der Waals surface area contributed by atoms with Gasteiger partial charge in [0.1, 0.15) is 18.8 Å². The number of carbonyl (C=O) groups is 1. The number of nitrogens with one attached hydrogen (secondary N) is 1. The van der Waals surface area contributed by atoms with E-state index in [0.717, 1.165) is 5.75 Å². The molecule has 0 saturated heterocycles. The fourth-order valence-corrected chi connectivity index (χ4v) is 2.92. The molecule has 0 saturated carbocycles. The molecule has 0 aliphatic carbocycles. The van der Waals surface area contributed by atoms with E-state index in [-0.39, 0.29) is 18.6 Å². The lowest BCUT2D eigenvalue weighted by Crippen LogP contribution is -2.42. The number of likely N-dealkylation sites (N-methyl/N-ethyl adjacent to an activating group) is 1. The van der Waals surface area contributed by atoms with Crippen LogP contribution in [0.25, 0.3) is 0 Å². The maximum Gasteiger partial charge on any atom is 0.238 e. The SMILES string of the molecule is CN(CC(=O)Nc1ccc(C#N)c(Cl)c1)C[C@H]1COc2ccccc2O1. The van der Waals surface area contributed by atoms with E-state index in [0.29, 0.717) is 35.2 Å². The molecule has 0 fully saturated rings. The zero-order valence-corrected chi connectivity index (χ0v) is 15.0. The minimum absolute atomic E-state index is 0.146. The van der Waals surface area contributed by atoms with Crippen LogP contribution in [-0.2, 0) is 4.79 Å². The Balaban J connectivity index is 1.50. The van der Waals surface area contributed by atoms with Crippen molar-refractivity contribution in [1.29, 1.82) is 5.26 Å². The van der Waals surface area contributed by atoms with E-state index in [1.165, 1.54) is 0 Å². The maximum atomic E-state index is 12.2. The summed E-state index contributed by atoms with van der Waals surface area (Å²) in [4.78, 5) is 14.1. The van der Waals surface area contributed by atoms with Crippen LogP contribution in [0.2, 0.25) is 5.02 Å². The molecule has 1 N–H and O–H groups in total. The summed E-state index contributed by atoms with van der Waals surface area (Å²) in [6, 6.07) is 14.3. The average molecular weight is 372 g/mol. The number of fused-ring (bicyclic) bond motifs is 1. The summed E-state index contributed by atoms with van der Waals surface area (Å²) in [5.41, 5.74) is 0.926. The molecular formula is C19H18ClN3O3. The number of carbonyl (C=O) groups excluding carboxylic acids is 1. The van der Waals surface area contributed by atoms with E-state index in [9.17, 15) is 4.79 Å². The predicted octanol–water partition coefficient (Wildman–Crippen LogP) is 2.92. The van der Waals surface area contributed by atoms with Crippen LogP contribution in [-0.4, -0.2) is 43.7 Å². The number of hydrogen-bond acceptors (Lipinski definition) is 5. The van der Waals surface area contributed by atoms with Crippen molar-refractivity contribution in [2.75, 3.05) is 32.1 Å². The van der Waals surface area contributed by atoms with Crippen molar-refractivity contribution in [1.82, 2.24) is 4.90 Å². The zero-order chi connectivity index (χ0) is 18.5. The summed E-state index contributed by atoms with van der Waals surface area (Å²) in [7, 11) is 1.84. The van der Waals surface area contributed by atoms with Crippen LogP contribution in [0, 0.1) is 11.3 Å². The van der Waals surface area contributed by atoms with Crippen molar-refractivity contribution in [2.24, 2.45) is 0 Å². The van der Waals surface area contributed by atoms with Gasteiger partial charge in [0.2, 0.25) is 5.91 Å². The van der Waals surface area contributed by atoms with Crippen molar-refractivity contribution in [3.63, 3.8) is 0 Å². The largest absolute Gasteiger partial charge is 0.486 e. The first-order valence-corrected chi connectivity index (χ1v) is 8.49. The molecule has 1 aliphatic rings. The molecule has 0 unspecified atom stereocenters. The Morgan fingerprint density at radius 1 is 1.35 bits per heavy atom. The molecule has 0 bridgehead atoms. The Labute approximate surface area is 156 Å². The lowest BCUT2D eigenvalue weighted by Gasteiger charge is -2.29. The van der Waals surface area contributed by atoms with E-state index in [1.807, 2.05) is 42.3 Å². The van der Waals surface area contributed by atoms with Gasteiger partial charge in [-0.25, -0.2) is 0 Å². The number of amides is 1. The van der Waals surface area contributed by atoms with Crippen molar-refractivity contribution in [3.05, 3.63) is 53.1 Å². The van der Waals surface area contributed by atoms with Crippen molar-refractivity contribution in [2.45, 2.75) is 6.10 Å². The molecule has 26 heavy (non-hydrogen) atoms. The smallest absolute Gasteiger partial charge is 0.238 e. The monoisotopic (exact) mass is 371 g/mol. The second-order valence-corrected chi connectivity index (χ2v) is 6.46. The summed E-state index contributed by atoms with van der Waals surface area (Å²) in [5.74, 6) is 1.28. The predicted molar refractivity (Wildman–Crippen MR) is 98.6 cm³/mol. The number of nitriles is 1. The van der Waals surface area contributed by atoms with Crippen molar-refractivity contribution < 1.29 is 14.3 Å². The number of hydrogen-bond donors (Lipinski definition) is 1. The Hall–Kier alpha value is -2.75. The van der Waals surface area contributed by atoms with Gasteiger partial charge in [-0.3, -0.25) is 9.69 Å². The molecule has 1 amide bonds. The van der Waals surface area contributed by atoms with Gasteiger partial charge in [0.05, 0.1) is 17.1 Å². The van der Waals surface area contributed by atoms with Crippen LogP contribution < -0.4 is 14.8 Å². The van der Waals surface area contributed by atoms with E-state index in [1.54, 1.807) is 18.2 Å². The van der Waals surface area contributed by atoms with E-state index >= 15 is 0 Å². The molecule has 0 radical (unpaired) electrons. The van der Waals surface area contributed by atoms with E-state index in [4.69, 9.17) is 26.3 Å². The third-order valence-corrected chi connectivity index (χ3v) is 4.18. The quantitative estimate of drug-likeness (QED) is 0.874. The first-order chi connectivity index (χ1) is 12.5. The number of rotatable bonds is 5. The highest BCUT2D eigenvalue weighted by molar-refractivity contribution is 6.32. The number of benzene rings is 2. The fraction of sp³-hybridized carbons (Fsp3) is 0.263. The molecule has 2 aromatic rings. The normalized spacial score (nSPS) is 15.4. The van der Waals surface area contributed by atoms with Crippen LogP contribution in [0.1, 0.15) is 5.56 Å². The van der Waals surface area contributed by atoms with Crippen molar-refractivity contribution >= 4 is 23.2 Å². The molecule has 134 valence electrons. The third kappa shape index (κ3) is 4.45. The Morgan fingerprint density at radius 3 is 2.85 bits per heavy atom. The van der Waals surface area contributed by atoms with Crippen LogP contribution in [0.3, 0.4) is 0 Å². The minimum atomic E-state index is -0.176. The van der Waals surface area contributed by atoms with Gasteiger partial charge in [0.15, 0.2) is 11.5 Å². The van der Waals surface area contributed by atoms with Gasteiger partial charge in [-0.2, -0.15) is 5.26 Å². The summed E-state index contributed by atoms with van der Waals surface area (Å²) >= 11 is 5.97. The molecule has 1 heterocycles. The molecule has 2 aromatic carbocycles. The highest BCUT2D eigenvalue weighted by Gasteiger charge is 2.22. The Bertz CT molecular complexity index is 850. The minimum Gasteiger partial charge on any atom is -0.486 e. The first-order valence-electron chi connectivity index (χ1n) is 8.11. The van der Waals surface area contributed by atoms with Gasteiger partial charge in [-0.15, -0.1) is 0 Å². The Morgan fingerprint density at radius 2 is 2.12 bits per heavy atom. The lowest BCUT2D eigenvalue weighted by molar-refractivity contribution is -0.117. The number of nitrogens with zero attached hydrogens (tertiary/aromatic N) is 2. The zero-order valence-electron chi connectivity index (χ0n) is 14.2. The van der Waals surface area contributed by atoms with Gasteiger partial charge in [-0.05, 0) is 37.4 Å². The van der Waals surface area contributed by atoms with Gasteiger partial charge in [0, 0.05) is 12.2 Å². The van der Waals surface area contributed by atoms with Crippen LogP contribution >= 0.6 is 11.6 Å². The molecule has 7 heteroatoms. The standard InChI is InChI=1S/C19H18ClN3O3/c1-23(10-15-12-25-17-4-2-3-5-18(17)26-15)11-19(24)22-14-7-6-13(9-21)16(20)8-14/h2-8,15H,10-12H2,1H3,(H,22,24)/t15-/m0/s1. The van der Waals surface area contributed by atoms with Crippen molar-refractivity contribution in [3.8, 4) is 17.6 Å². The maximum absolute atomic E-state index is 12.2. The molecule has 6 nitrogen and oxygen atoms in total. The lowest BCUT2D eigenvalue weighted by atomic mass is 10.2. The Kier molecular flexibility index (Phi) is 5.61. The van der Waals surface area contributed by atoms with Crippen LogP contribution in [0.5, 0.6) is 11.5 Å². The summed E-state index contributed by atoms with van der Waals surface area (Å²) < 4.78 is 11.6. The summed E-state index contributed by atoms with van der Waals surface area (Å²) in [6.07, 6.45) is -0.146. The topological polar surface area (TPSA) is 74.6 Å². The fourth-order valence-electron chi connectivity index (χ4n) is 2.69. The summed E-state index contributed by atoms with van der Waals surface area (Å²) in [5, 5.41) is 12.0. The summed E-state index contributed by atoms with van der Waals surface area (Å²) in [6.45, 7) is 1.18. The molecule has 1 atom stereocenters. The van der Waals surface area contributed by atoms with Gasteiger partial charge >= 0.3 is 0 Å². The second kappa shape index (κ2) is 8.09. The molecule has 1 aliphatic heterocycles. The molecule has 0 spiro atoms. The molecule has 0 aromatic heterocycles. The van der Waals surface area contributed by atoms with Crippen LogP contribution in [0.4, 0.5) is 5.69 Å². The van der Waals surface area contributed by atoms with E-state index in [2.05, 4.69) is 5.32 Å². The third-order valence-electron chi connectivity index (χ3n) is 3.87. The highest BCUT2D eigenvalue weighted by Crippen LogP contribution is 2.30. The van der Waals surface area contributed by atoms with E-state index < -0.39 is 0 Å². The van der Waals surface area contributed by atoms with Gasteiger partial charge < -0.3 is 14.8 Å². The van der Waals surface area contributed by atoms with Gasteiger partial charge in [0.25, 0.3) is 0 Å². The number of ether oxygens (including phenoxy) is 2. The number of halogens is 1. The number of anilines is 1. The first kappa shape index (κ1) is 18.1. The molecule has 3 rings (SSSR count). The molecular weight excluding hydrogens is 354 g/mol.